The number of hydrogen-bond donors (Lipinski definition) is 1. The second-order valence-electron chi connectivity index (χ2n) is 8.20. The molecule has 0 spiro atoms. The highest BCUT2D eigenvalue weighted by molar-refractivity contribution is 5.75. The van der Waals surface area contributed by atoms with Gasteiger partial charge in [0.2, 0.25) is 5.91 Å². The van der Waals surface area contributed by atoms with Gasteiger partial charge in [0.15, 0.2) is 0 Å². The third kappa shape index (κ3) is 6.75. The van der Waals surface area contributed by atoms with Crippen molar-refractivity contribution in [2.24, 2.45) is 17.8 Å². The minimum atomic E-state index is 0.0231. The number of nitrogens with zero attached hydrogens (tertiary/aromatic N) is 3. The molecule has 2 aliphatic rings. The molecule has 1 aromatic heterocycles. The van der Waals surface area contributed by atoms with Crippen LogP contribution in [0.4, 0.5) is 0 Å². The number of nitrogens with one attached hydrogen (secondary N) is 1. The Bertz CT molecular complexity index is 651. The third-order valence-corrected chi connectivity index (χ3v) is 6.39. The lowest BCUT2D eigenvalue weighted by atomic mass is 10.0. The fraction of sp³-hybridized carbons (Fsp3) is 0.864. The molecule has 0 aromatic carbocycles. The number of aromatic nitrogens is 3. The lowest BCUT2D eigenvalue weighted by molar-refractivity contribution is -0.121. The Hall–Kier alpha value is -1.51. The van der Waals surface area contributed by atoms with Gasteiger partial charge in [0.25, 0.3) is 0 Å². The van der Waals surface area contributed by atoms with Crippen molar-refractivity contribution >= 4 is 5.91 Å². The number of hydrogen-bond acceptors (Lipinski definition) is 6. The van der Waals surface area contributed by atoms with Crippen LogP contribution >= 0.6 is 0 Å². The second kappa shape index (κ2) is 12.4. The van der Waals surface area contributed by atoms with Crippen molar-refractivity contribution in [2.75, 3.05) is 46.2 Å². The molecule has 1 amide bonds. The van der Waals surface area contributed by atoms with Gasteiger partial charge in [-0.15, -0.1) is 5.10 Å². The van der Waals surface area contributed by atoms with E-state index >= 15 is 0 Å². The molecule has 0 radical (unpaired) electrons. The Labute approximate surface area is 180 Å². The van der Waals surface area contributed by atoms with Crippen LogP contribution in [0.2, 0.25) is 0 Å². The quantitative estimate of drug-likeness (QED) is 0.462. The number of carbonyl (C=O) groups excluding carboxylic acids is 1. The van der Waals surface area contributed by atoms with Crippen LogP contribution < -0.4 is 5.32 Å². The molecule has 1 heterocycles. The molecule has 3 atom stereocenters. The molecule has 8 heteroatoms. The van der Waals surface area contributed by atoms with Gasteiger partial charge in [-0.2, -0.15) is 0 Å². The van der Waals surface area contributed by atoms with E-state index in [0.29, 0.717) is 59.2 Å². The molecule has 1 saturated carbocycles. The van der Waals surface area contributed by atoms with Gasteiger partial charge in [-0.3, -0.25) is 4.79 Å². The van der Waals surface area contributed by atoms with Crippen molar-refractivity contribution < 1.29 is 19.0 Å². The average Bonchev–Trinajstić information content (AvgIpc) is 3.27. The smallest absolute Gasteiger partial charge is 0.221 e. The minimum absolute atomic E-state index is 0.0231. The van der Waals surface area contributed by atoms with E-state index in [1.807, 2.05) is 11.6 Å². The van der Waals surface area contributed by atoms with Gasteiger partial charge < -0.3 is 19.5 Å². The predicted octanol–water partition coefficient (Wildman–Crippen LogP) is 2.01. The Balaban J connectivity index is 1.26. The summed E-state index contributed by atoms with van der Waals surface area (Å²) in [6.45, 7) is 8.82. The van der Waals surface area contributed by atoms with Crippen LogP contribution in [0.1, 0.15) is 50.9 Å². The van der Waals surface area contributed by atoms with Crippen LogP contribution in [0.3, 0.4) is 0 Å². The van der Waals surface area contributed by atoms with E-state index in [1.54, 1.807) is 0 Å². The first-order chi connectivity index (χ1) is 14.7. The highest BCUT2D eigenvalue weighted by atomic mass is 16.5. The van der Waals surface area contributed by atoms with Gasteiger partial charge in [0.05, 0.1) is 51.0 Å². The van der Waals surface area contributed by atoms with Gasteiger partial charge in [-0.25, -0.2) is 4.68 Å². The zero-order valence-electron chi connectivity index (χ0n) is 18.6. The van der Waals surface area contributed by atoms with Gasteiger partial charge in [0, 0.05) is 19.6 Å². The summed E-state index contributed by atoms with van der Waals surface area (Å²) in [5.41, 5.74) is 2.39. The molecule has 1 fully saturated rings. The normalized spacial score (nSPS) is 22.7. The molecular weight excluding hydrogens is 384 g/mol. The molecular formula is C22H38N4O4. The number of aryl methyl sites for hydroxylation is 2. The fourth-order valence-corrected chi connectivity index (χ4v) is 4.75. The molecule has 170 valence electrons. The van der Waals surface area contributed by atoms with Gasteiger partial charge >= 0.3 is 0 Å². The van der Waals surface area contributed by atoms with E-state index < -0.39 is 0 Å². The van der Waals surface area contributed by atoms with Crippen LogP contribution in [0, 0.1) is 17.8 Å². The van der Waals surface area contributed by atoms with E-state index in [4.69, 9.17) is 14.2 Å². The first kappa shape index (κ1) is 23.2. The molecule has 3 rings (SSSR count). The number of fused-ring (bicyclic) bond motifs is 2. The molecule has 1 N–H and O–H groups in total. The second-order valence-corrected chi connectivity index (χ2v) is 8.20. The maximum absolute atomic E-state index is 12.1. The lowest BCUT2D eigenvalue weighted by Gasteiger charge is -2.11. The fourth-order valence-electron chi connectivity index (χ4n) is 4.75. The van der Waals surface area contributed by atoms with Crippen molar-refractivity contribution in [3.8, 4) is 0 Å². The number of rotatable bonds is 14. The monoisotopic (exact) mass is 422 g/mol. The average molecular weight is 423 g/mol. The van der Waals surface area contributed by atoms with Crippen molar-refractivity contribution in [1.82, 2.24) is 20.3 Å². The van der Waals surface area contributed by atoms with Crippen LogP contribution in [0.15, 0.2) is 0 Å². The topological polar surface area (TPSA) is 87.5 Å². The van der Waals surface area contributed by atoms with E-state index in [-0.39, 0.29) is 5.91 Å². The zero-order valence-corrected chi connectivity index (χ0v) is 18.6. The highest BCUT2D eigenvalue weighted by Gasteiger charge is 2.48. The van der Waals surface area contributed by atoms with Gasteiger partial charge in [0.1, 0.15) is 0 Å². The van der Waals surface area contributed by atoms with Crippen molar-refractivity contribution in [3.05, 3.63) is 11.4 Å². The maximum Gasteiger partial charge on any atom is 0.221 e. The molecule has 0 aliphatic heterocycles. The number of ether oxygens (including phenoxy) is 3. The molecule has 3 unspecified atom stereocenters. The molecule has 2 aliphatic carbocycles. The highest BCUT2D eigenvalue weighted by Crippen LogP contribution is 2.54. The SMILES string of the molecule is CCOCCOCCOCCNC(=O)CCn1nnc2c1CCC1C(CC)C1CC2. The van der Waals surface area contributed by atoms with Crippen LogP contribution in [-0.2, 0) is 38.4 Å². The molecule has 8 nitrogen and oxygen atoms in total. The van der Waals surface area contributed by atoms with E-state index in [2.05, 4.69) is 22.6 Å². The first-order valence-electron chi connectivity index (χ1n) is 11.7. The molecule has 0 saturated heterocycles. The summed E-state index contributed by atoms with van der Waals surface area (Å²) < 4.78 is 18.0. The van der Waals surface area contributed by atoms with Crippen LogP contribution in [0.25, 0.3) is 0 Å². The summed E-state index contributed by atoms with van der Waals surface area (Å²) in [4.78, 5) is 12.1. The standard InChI is InChI=1S/C22H38N4O4/c1-3-17-18-5-7-20-21(8-6-19(17)18)26(25-24-20)11-9-22(27)23-10-12-29-15-16-30-14-13-28-4-2/h17-19H,3-16H2,1-2H3,(H,23,27). The summed E-state index contributed by atoms with van der Waals surface area (Å²) >= 11 is 0. The third-order valence-electron chi connectivity index (χ3n) is 6.39. The summed E-state index contributed by atoms with van der Waals surface area (Å²) in [5, 5.41) is 11.6. The van der Waals surface area contributed by atoms with Crippen molar-refractivity contribution in [2.45, 2.75) is 58.9 Å². The van der Waals surface area contributed by atoms with E-state index in [0.717, 1.165) is 36.3 Å². The predicted molar refractivity (Wildman–Crippen MR) is 113 cm³/mol. The van der Waals surface area contributed by atoms with E-state index in [9.17, 15) is 4.79 Å². The lowest BCUT2D eigenvalue weighted by Crippen LogP contribution is -2.28. The Morgan fingerprint density at radius 3 is 2.47 bits per heavy atom. The Morgan fingerprint density at radius 2 is 1.73 bits per heavy atom. The van der Waals surface area contributed by atoms with Gasteiger partial charge in [-0.1, -0.05) is 18.6 Å². The zero-order chi connectivity index (χ0) is 21.2. The van der Waals surface area contributed by atoms with Crippen molar-refractivity contribution in [3.63, 3.8) is 0 Å². The first-order valence-corrected chi connectivity index (χ1v) is 11.7. The Kier molecular flexibility index (Phi) is 9.55. The van der Waals surface area contributed by atoms with Crippen LogP contribution in [-0.4, -0.2) is 67.1 Å². The maximum atomic E-state index is 12.1. The Morgan fingerprint density at radius 1 is 1.03 bits per heavy atom. The largest absolute Gasteiger partial charge is 0.379 e. The van der Waals surface area contributed by atoms with Crippen LogP contribution in [0.5, 0.6) is 0 Å². The molecule has 0 bridgehead atoms. The number of amides is 1. The summed E-state index contributed by atoms with van der Waals surface area (Å²) in [5.74, 6) is 2.74. The molecule has 1 aromatic rings. The summed E-state index contributed by atoms with van der Waals surface area (Å²) in [6, 6.07) is 0. The van der Waals surface area contributed by atoms with E-state index in [1.165, 1.54) is 25.0 Å². The van der Waals surface area contributed by atoms with Gasteiger partial charge in [-0.05, 0) is 50.4 Å². The van der Waals surface area contributed by atoms with Crippen molar-refractivity contribution in [1.29, 1.82) is 0 Å². The summed E-state index contributed by atoms with van der Waals surface area (Å²) in [7, 11) is 0. The minimum Gasteiger partial charge on any atom is -0.379 e. The number of carbonyl (C=O) groups is 1. The summed E-state index contributed by atoms with van der Waals surface area (Å²) in [6.07, 6.45) is 6.28. The molecule has 30 heavy (non-hydrogen) atoms.